The average molecular weight is 307 g/mol. The van der Waals surface area contributed by atoms with Crippen LogP contribution in [0.5, 0.6) is 0 Å². The lowest BCUT2D eigenvalue weighted by atomic mass is 10.1. The van der Waals surface area contributed by atoms with Crippen LogP contribution in [0.1, 0.15) is 23.7 Å². The van der Waals surface area contributed by atoms with E-state index in [1.807, 2.05) is 6.07 Å². The average Bonchev–Trinajstić information content (AvgIpc) is 2.74. The lowest BCUT2D eigenvalue weighted by molar-refractivity contribution is -0.172. The van der Waals surface area contributed by atoms with E-state index >= 15 is 0 Å². The van der Waals surface area contributed by atoms with E-state index in [0.717, 1.165) is 18.7 Å². The van der Waals surface area contributed by atoms with Gasteiger partial charge in [0, 0.05) is 19.2 Å². The highest BCUT2D eigenvalue weighted by atomic mass is 32.2. The summed E-state index contributed by atoms with van der Waals surface area (Å²) in [7, 11) is 0. The van der Waals surface area contributed by atoms with Crippen molar-refractivity contribution in [1.82, 2.24) is 4.90 Å². The first-order valence-electron chi connectivity index (χ1n) is 6.99. The molecule has 0 spiro atoms. The van der Waals surface area contributed by atoms with Crippen LogP contribution < -0.4 is 0 Å². The molecular formula is C15H17NO4S. The lowest BCUT2D eigenvalue weighted by Gasteiger charge is -2.36. The Bertz CT molecular complexity index is 536. The first-order valence-corrected chi connectivity index (χ1v) is 8.04. The number of thioether (sulfide) groups is 1. The van der Waals surface area contributed by atoms with Crippen molar-refractivity contribution in [2.45, 2.75) is 31.1 Å². The van der Waals surface area contributed by atoms with Crippen LogP contribution in [0, 0.1) is 0 Å². The number of rotatable bonds is 4. The van der Waals surface area contributed by atoms with E-state index in [1.54, 1.807) is 43.0 Å². The van der Waals surface area contributed by atoms with Gasteiger partial charge in [0.1, 0.15) is 6.04 Å². The molecule has 0 amide bonds. The second kappa shape index (κ2) is 6.07. The number of fused-ring (bicyclic) bond motifs is 1. The van der Waals surface area contributed by atoms with Crippen molar-refractivity contribution >= 4 is 23.7 Å². The summed E-state index contributed by atoms with van der Waals surface area (Å²) in [4.78, 5) is 26.1. The Kier molecular flexibility index (Phi) is 4.17. The Labute approximate surface area is 127 Å². The maximum atomic E-state index is 12.1. The number of hydrogen-bond donors (Lipinski definition) is 0. The van der Waals surface area contributed by atoms with E-state index in [2.05, 4.69) is 4.90 Å². The molecule has 0 aromatic heterocycles. The smallest absolute Gasteiger partial charge is 0.341 e. The van der Waals surface area contributed by atoms with Crippen LogP contribution in [0.4, 0.5) is 0 Å². The van der Waals surface area contributed by atoms with Gasteiger partial charge in [-0.1, -0.05) is 18.2 Å². The van der Waals surface area contributed by atoms with Crippen LogP contribution in [0.25, 0.3) is 0 Å². The Hall–Kier alpha value is -1.53. The second-order valence-electron chi connectivity index (χ2n) is 5.11. The number of carbonyl (C=O) groups is 2. The summed E-state index contributed by atoms with van der Waals surface area (Å²) in [5, 5.41) is 0.463. The summed E-state index contributed by atoms with van der Waals surface area (Å²) in [6.45, 7) is 2.50. The summed E-state index contributed by atoms with van der Waals surface area (Å²) in [5.41, 5.74) is 0.444. The summed E-state index contributed by atoms with van der Waals surface area (Å²) in [6, 6.07) is 8.46. The van der Waals surface area contributed by atoms with Gasteiger partial charge in [0.2, 0.25) is 6.29 Å². The lowest BCUT2D eigenvalue weighted by Crippen LogP contribution is -2.50. The Morgan fingerprint density at radius 2 is 2.05 bits per heavy atom. The highest BCUT2D eigenvalue weighted by Gasteiger charge is 2.45. The van der Waals surface area contributed by atoms with Gasteiger partial charge in [-0.25, -0.2) is 4.79 Å². The highest BCUT2D eigenvalue weighted by molar-refractivity contribution is 8.00. The third-order valence-electron chi connectivity index (χ3n) is 3.69. The molecule has 3 atom stereocenters. The van der Waals surface area contributed by atoms with Gasteiger partial charge in [0.15, 0.2) is 0 Å². The number of carbonyl (C=O) groups excluding carboxylic acids is 2. The predicted molar refractivity (Wildman–Crippen MR) is 78.8 cm³/mol. The fraction of sp³-hybridized carbons (Fsp3) is 0.467. The van der Waals surface area contributed by atoms with Crippen molar-refractivity contribution in [2.24, 2.45) is 0 Å². The zero-order valence-electron chi connectivity index (χ0n) is 11.7. The summed E-state index contributed by atoms with van der Waals surface area (Å²) in [5.74, 6) is -0.0420. The maximum Gasteiger partial charge on any atom is 0.341 e. The van der Waals surface area contributed by atoms with Gasteiger partial charge in [0.25, 0.3) is 0 Å². The first kappa shape index (κ1) is 14.4. The molecule has 1 aromatic rings. The zero-order valence-corrected chi connectivity index (χ0v) is 12.5. The molecule has 0 bridgehead atoms. The normalized spacial score (nSPS) is 25.6. The molecule has 21 heavy (non-hydrogen) atoms. The van der Waals surface area contributed by atoms with Crippen molar-refractivity contribution in [3.05, 3.63) is 35.9 Å². The number of benzene rings is 1. The topological polar surface area (TPSA) is 55.8 Å². The summed E-state index contributed by atoms with van der Waals surface area (Å²) in [6.07, 6.45) is 0.253. The summed E-state index contributed by atoms with van der Waals surface area (Å²) >= 11 is 1.78. The van der Waals surface area contributed by atoms with Crippen LogP contribution in [-0.4, -0.2) is 46.8 Å². The van der Waals surface area contributed by atoms with Crippen molar-refractivity contribution < 1.29 is 19.1 Å². The molecule has 2 unspecified atom stereocenters. The van der Waals surface area contributed by atoms with Crippen LogP contribution in [0.15, 0.2) is 30.3 Å². The molecule has 6 heteroatoms. The van der Waals surface area contributed by atoms with Crippen LogP contribution in [0.3, 0.4) is 0 Å². The van der Waals surface area contributed by atoms with E-state index in [-0.39, 0.29) is 12.0 Å². The monoisotopic (exact) mass is 307 g/mol. The fourth-order valence-electron chi connectivity index (χ4n) is 2.48. The van der Waals surface area contributed by atoms with Gasteiger partial charge in [-0.3, -0.25) is 9.69 Å². The van der Waals surface area contributed by atoms with Crippen LogP contribution in [0.2, 0.25) is 0 Å². The molecule has 0 aliphatic carbocycles. The van der Waals surface area contributed by atoms with Crippen LogP contribution in [-0.2, 0) is 14.3 Å². The minimum atomic E-state index is -0.879. The largest absolute Gasteiger partial charge is 0.424 e. The third kappa shape index (κ3) is 3.06. The molecular weight excluding hydrogens is 290 g/mol. The van der Waals surface area contributed by atoms with Gasteiger partial charge >= 0.3 is 11.9 Å². The number of ether oxygens (including phenoxy) is 2. The number of nitrogens with zero attached hydrogens (tertiary/aromatic N) is 1. The summed E-state index contributed by atoms with van der Waals surface area (Å²) < 4.78 is 10.4. The molecule has 3 rings (SSSR count). The van der Waals surface area contributed by atoms with E-state index in [1.165, 1.54) is 0 Å². The van der Waals surface area contributed by atoms with E-state index in [4.69, 9.17) is 9.47 Å². The Morgan fingerprint density at radius 1 is 1.29 bits per heavy atom. The van der Waals surface area contributed by atoms with E-state index in [9.17, 15) is 9.59 Å². The second-order valence-corrected chi connectivity index (χ2v) is 6.32. The standard InChI is InChI=1S/C15H17NO4S/c1-10(19-14(17)11-5-3-2-4-6-11)20-15(18)12-9-21-13-7-8-16(12)13/h2-6,10,12-13H,7-9H2,1H3/t10-,12?,13?/m0/s1. The molecule has 2 fully saturated rings. The quantitative estimate of drug-likeness (QED) is 0.625. The SMILES string of the molecule is C[C@@H](OC(=O)c1ccccc1)OC(=O)C1CSC2CCN21. The van der Waals surface area contributed by atoms with Crippen molar-refractivity contribution in [2.75, 3.05) is 12.3 Å². The number of hydrogen-bond acceptors (Lipinski definition) is 6. The molecule has 112 valence electrons. The molecule has 0 radical (unpaired) electrons. The van der Waals surface area contributed by atoms with Gasteiger partial charge in [-0.05, 0) is 18.6 Å². The maximum absolute atomic E-state index is 12.1. The van der Waals surface area contributed by atoms with Crippen molar-refractivity contribution in [3.63, 3.8) is 0 Å². The fourth-order valence-corrected chi connectivity index (χ4v) is 3.93. The van der Waals surface area contributed by atoms with Crippen molar-refractivity contribution in [3.8, 4) is 0 Å². The Balaban J connectivity index is 1.51. The molecule has 0 N–H and O–H groups in total. The molecule has 1 aromatic carbocycles. The molecule has 0 saturated carbocycles. The molecule has 2 aliphatic rings. The minimum Gasteiger partial charge on any atom is -0.424 e. The first-order chi connectivity index (χ1) is 10.1. The zero-order chi connectivity index (χ0) is 14.8. The van der Waals surface area contributed by atoms with Gasteiger partial charge in [0.05, 0.1) is 10.9 Å². The molecule has 5 nitrogen and oxygen atoms in total. The Morgan fingerprint density at radius 3 is 2.67 bits per heavy atom. The van der Waals surface area contributed by atoms with Gasteiger partial charge < -0.3 is 9.47 Å². The van der Waals surface area contributed by atoms with Gasteiger partial charge in [-0.2, -0.15) is 0 Å². The van der Waals surface area contributed by atoms with Crippen LogP contribution >= 0.6 is 11.8 Å². The van der Waals surface area contributed by atoms with Crippen molar-refractivity contribution in [1.29, 1.82) is 0 Å². The molecule has 2 heterocycles. The van der Waals surface area contributed by atoms with E-state index < -0.39 is 12.3 Å². The van der Waals surface area contributed by atoms with Gasteiger partial charge in [-0.15, -0.1) is 11.8 Å². The minimum absolute atomic E-state index is 0.202. The molecule has 2 aliphatic heterocycles. The highest BCUT2D eigenvalue weighted by Crippen LogP contribution is 2.38. The molecule has 2 saturated heterocycles. The third-order valence-corrected chi connectivity index (χ3v) is 5.09. The predicted octanol–water partition coefficient (Wildman–Crippen LogP) is 1.88. The number of esters is 2. The van der Waals surface area contributed by atoms with E-state index in [0.29, 0.717) is 10.9 Å².